The van der Waals surface area contributed by atoms with Crippen LogP contribution in [0.1, 0.15) is 11.3 Å². The normalized spacial score (nSPS) is 9.44. The highest BCUT2D eigenvalue weighted by atomic mass is 35.5. The fourth-order valence-electron chi connectivity index (χ4n) is 1.05. The summed E-state index contributed by atoms with van der Waals surface area (Å²) in [5.41, 5.74) is 0.881. The Bertz CT molecular complexity index is 477. The number of halogens is 1. The van der Waals surface area contributed by atoms with Crippen LogP contribution in [0.2, 0.25) is 5.15 Å². The summed E-state index contributed by atoms with van der Waals surface area (Å²) in [6.07, 6.45) is 0. The summed E-state index contributed by atoms with van der Waals surface area (Å²) >= 11 is 5.64. The van der Waals surface area contributed by atoms with Crippen LogP contribution in [0.25, 0.3) is 0 Å². The van der Waals surface area contributed by atoms with E-state index in [0.717, 1.165) is 0 Å². The van der Waals surface area contributed by atoms with Crippen LogP contribution in [-0.2, 0) is 0 Å². The van der Waals surface area contributed by atoms with Crippen molar-refractivity contribution in [1.29, 1.82) is 0 Å². The summed E-state index contributed by atoms with van der Waals surface area (Å²) in [6.45, 7) is 2.22. The SMILES string of the molecule is CNCC#Cc1cc([N+](=O)[O-])c(Cl)nc1C. The molecule has 0 unspecified atom stereocenters. The van der Waals surface area contributed by atoms with E-state index in [1.807, 2.05) is 0 Å². The van der Waals surface area contributed by atoms with Gasteiger partial charge >= 0.3 is 5.69 Å². The van der Waals surface area contributed by atoms with Crippen LogP contribution in [0.5, 0.6) is 0 Å². The third-order valence-electron chi connectivity index (χ3n) is 1.83. The predicted molar refractivity (Wildman–Crippen MR) is 61.4 cm³/mol. The van der Waals surface area contributed by atoms with Crippen molar-refractivity contribution in [2.45, 2.75) is 6.92 Å². The maximum Gasteiger partial charge on any atom is 0.307 e. The van der Waals surface area contributed by atoms with Crippen molar-refractivity contribution >= 4 is 17.3 Å². The number of hydrogen-bond donors (Lipinski definition) is 1. The molecule has 0 aliphatic heterocycles. The molecule has 0 atom stereocenters. The third-order valence-corrected chi connectivity index (χ3v) is 2.11. The summed E-state index contributed by atoms with van der Waals surface area (Å²) in [7, 11) is 1.77. The molecule has 0 spiro atoms. The van der Waals surface area contributed by atoms with Crippen LogP contribution in [-0.4, -0.2) is 23.5 Å². The lowest BCUT2D eigenvalue weighted by molar-refractivity contribution is -0.385. The van der Waals surface area contributed by atoms with Crippen molar-refractivity contribution in [3.63, 3.8) is 0 Å². The van der Waals surface area contributed by atoms with Gasteiger partial charge in [0, 0.05) is 6.07 Å². The van der Waals surface area contributed by atoms with Crippen LogP contribution < -0.4 is 5.32 Å². The summed E-state index contributed by atoms with van der Waals surface area (Å²) in [5, 5.41) is 13.4. The first-order chi connectivity index (χ1) is 7.56. The van der Waals surface area contributed by atoms with Gasteiger partial charge in [0.2, 0.25) is 5.15 Å². The van der Waals surface area contributed by atoms with E-state index < -0.39 is 4.92 Å². The van der Waals surface area contributed by atoms with Crippen molar-refractivity contribution in [3.8, 4) is 11.8 Å². The Balaban J connectivity index is 3.16. The summed E-state index contributed by atoms with van der Waals surface area (Å²) in [6, 6.07) is 1.34. The lowest BCUT2D eigenvalue weighted by Crippen LogP contribution is -2.04. The minimum atomic E-state index is -0.571. The Morgan fingerprint density at radius 1 is 1.69 bits per heavy atom. The molecule has 6 heteroatoms. The first-order valence-electron chi connectivity index (χ1n) is 4.51. The lowest BCUT2D eigenvalue weighted by Gasteiger charge is -1.99. The van der Waals surface area contributed by atoms with E-state index in [1.165, 1.54) is 6.07 Å². The molecule has 84 valence electrons. The second-order valence-electron chi connectivity index (χ2n) is 3.02. The van der Waals surface area contributed by atoms with Gasteiger partial charge in [-0.05, 0) is 14.0 Å². The lowest BCUT2D eigenvalue weighted by atomic mass is 10.2. The average molecular weight is 240 g/mol. The van der Waals surface area contributed by atoms with Crippen molar-refractivity contribution in [3.05, 3.63) is 32.6 Å². The third kappa shape index (κ3) is 2.92. The zero-order valence-electron chi connectivity index (χ0n) is 8.87. The molecule has 0 aliphatic carbocycles. The van der Waals surface area contributed by atoms with Crippen LogP contribution >= 0.6 is 11.6 Å². The number of hydrogen-bond acceptors (Lipinski definition) is 4. The standard InChI is InChI=1S/C10H10ClN3O2/c1-7-8(4-3-5-12-2)6-9(14(15)16)10(11)13-7/h6,12H,5H2,1-2H3. The van der Waals surface area contributed by atoms with Gasteiger partial charge in [0.25, 0.3) is 0 Å². The fourth-order valence-corrected chi connectivity index (χ4v) is 1.30. The molecule has 0 bridgehead atoms. The molecule has 1 aromatic rings. The van der Waals surface area contributed by atoms with E-state index in [4.69, 9.17) is 11.6 Å². The topological polar surface area (TPSA) is 68.1 Å². The summed E-state index contributed by atoms with van der Waals surface area (Å²) in [4.78, 5) is 13.9. The van der Waals surface area contributed by atoms with Gasteiger partial charge in [-0.3, -0.25) is 10.1 Å². The highest BCUT2D eigenvalue weighted by molar-refractivity contribution is 6.31. The monoisotopic (exact) mass is 239 g/mol. The van der Waals surface area contributed by atoms with Gasteiger partial charge in [0.05, 0.1) is 22.7 Å². The molecular formula is C10H10ClN3O2. The van der Waals surface area contributed by atoms with Crippen molar-refractivity contribution in [1.82, 2.24) is 10.3 Å². The fraction of sp³-hybridized carbons (Fsp3) is 0.300. The Labute approximate surface area is 98.0 Å². The van der Waals surface area contributed by atoms with Crippen LogP contribution in [0.4, 0.5) is 5.69 Å². The van der Waals surface area contributed by atoms with Gasteiger partial charge < -0.3 is 5.32 Å². The van der Waals surface area contributed by atoms with Crippen molar-refractivity contribution < 1.29 is 4.92 Å². The number of nitro groups is 1. The highest BCUT2D eigenvalue weighted by Crippen LogP contribution is 2.24. The quantitative estimate of drug-likeness (QED) is 0.368. The maximum atomic E-state index is 10.6. The van der Waals surface area contributed by atoms with Gasteiger partial charge in [0.15, 0.2) is 0 Å². The molecule has 0 aliphatic rings. The van der Waals surface area contributed by atoms with Gasteiger partial charge in [0.1, 0.15) is 0 Å². The molecule has 0 saturated carbocycles. The van der Waals surface area contributed by atoms with E-state index in [1.54, 1.807) is 14.0 Å². The molecule has 1 N–H and O–H groups in total. The predicted octanol–water partition coefficient (Wildman–Crippen LogP) is 1.52. The van der Waals surface area contributed by atoms with Gasteiger partial charge in [-0.15, -0.1) is 0 Å². The molecule has 0 radical (unpaired) electrons. The van der Waals surface area contributed by atoms with Gasteiger partial charge in [-0.1, -0.05) is 23.4 Å². The zero-order chi connectivity index (χ0) is 12.1. The average Bonchev–Trinajstić information content (AvgIpc) is 2.21. The molecule has 0 amide bonds. The molecule has 0 fully saturated rings. The molecule has 1 heterocycles. The maximum absolute atomic E-state index is 10.6. The van der Waals surface area contributed by atoms with Crippen molar-refractivity contribution in [2.75, 3.05) is 13.6 Å². The summed E-state index contributed by atoms with van der Waals surface area (Å²) in [5.74, 6) is 5.61. The number of pyridine rings is 1. The van der Waals surface area contributed by atoms with E-state index in [0.29, 0.717) is 17.8 Å². The van der Waals surface area contributed by atoms with Crippen molar-refractivity contribution in [2.24, 2.45) is 0 Å². The van der Waals surface area contributed by atoms with E-state index in [-0.39, 0.29) is 10.8 Å². The number of nitrogens with one attached hydrogen (secondary N) is 1. The number of aromatic nitrogens is 1. The number of nitrogens with zero attached hydrogens (tertiary/aromatic N) is 2. The molecule has 1 rings (SSSR count). The Morgan fingerprint density at radius 2 is 2.38 bits per heavy atom. The first-order valence-corrected chi connectivity index (χ1v) is 4.89. The summed E-state index contributed by atoms with van der Waals surface area (Å²) < 4.78 is 0. The molecular weight excluding hydrogens is 230 g/mol. The van der Waals surface area contributed by atoms with Gasteiger partial charge in [-0.25, -0.2) is 4.98 Å². The minimum Gasteiger partial charge on any atom is -0.309 e. The van der Waals surface area contributed by atoms with E-state index in [9.17, 15) is 10.1 Å². The minimum absolute atomic E-state index is 0.110. The Morgan fingerprint density at radius 3 is 2.94 bits per heavy atom. The largest absolute Gasteiger partial charge is 0.309 e. The smallest absolute Gasteiger partial charge is 0.307 e. The molecule has 0 aromatic carbocycles. The zero-order valence-corrected chi connectivity index (χ0v) is 9.63. The van der Waals surface area contributed by atoms with E-state index in [2.05, 4.69) is 22.1 Å². The molecule has 0 saturated heterocycles. The Hall–Kier alpha value is -1.64. The number of aryl methyl sites for hydroxylation is 1. The molecule has 5 nitrogen and oxygen atoms in total. The van der Waals surface area contributed by atoms with Crippen LogP contribution in [0.15, 0.2) is 6.07 Å². The number of rotatable bonds is 2. The first kappa shape index (κ1) is 12.4. The molecule has 16 heavy (non-hydrogen) atoms. The second kappa shape index (κ2) is 5.45. The Kier molecular flexibility index (Phi) is 4.23. The van der Waals surface area contributed by atoms with Gasteiger partial charge in [-0.2, -0.15) is 0 Å². The van der Waals surface area contributed by atoms with Crippen LogP contribution in [0.3, 0.4) is 0 Å². The van der Waals surface area contributed by atoms with E-state index >= 15 is 0 Å². The highest BCUT2D eigenvalue weighted by Gasteiger charge is 2.15. The second-order valence-corrected chi connectivity index (χ2v) is 3.38. The van der Waals surface area contributed by atoms with Crippen LogP contribution in [0, 0.1) is 28.9 Å². The molecule has 1 aromatic heterocycles.